The zero-order chi connectivity index (χ0) is 25.6. The van der Waals surface area contributed by atoms with Gasteiger partial charge in [0.25, 0.3) is 0 Å². The second-order valence-electron chi connectivity index (χ2n) is 8.00. The van der Waals surface area contributed by atoms with Crippen LogP contribution in [0.4, 0.5) is 10.1 Å². The summed E-state index contributed by atoms with van der Waals surface area (Å²) in [4.78, 5) is 27.5. The van der Waals surface area contributed by atoms with Crippen molar-refractivity contribution in [2.75, 3.05) is 17.1 Å². The molecular weight excluding hydrogens is 504 g/mol. The van der Waals surface area contributed by atoms with Crippen LogP contribution >= 0.6 is 23.2 Å². The van der Waals surface area contributed by atoms with Gasteiger partial charge >= 0.3 is 0 Å². The molecule has 0 saturated heterocycles. The number of rotatable bonds is 10. The summed E-state index contributed by atoms with van der Waals surface area (Å²) in [6.45, 7) is 4.60. The van der Waals surface area contributed by atoms with Crippen LogP contribution in [0.1, 0.15) is 32.8 Å². The number of hydrogen-bond acceptors (Lipinski definition) is 4. The number of sulfonamides is 1. The quantitative estimate of drug-likeness (QED) is 0.496. The molecule has 11 heteroatoms. The standard InChI is InChI=1S/C23H28Cl2FN3O4S/c1-5-15(2)27-23(31)16(3)28(13-17-9-10-18(24)11-21(17)25)22(30)14-29(34(4,32)33)20-8-6-7-19(26)12-20/h6-12,15-16H,5,13-14H2,1-4H3,(H,27,31). The third kappa shape index (κ3) is 7.58. The molecule has 0 heterocycles. The predicted octanol–water partition coefficient (Wildman–Crippen LogP) is 4.23. The maximum absolute atomic E-state index is 13.8. The molecule has 2 aromatic rings. The Morgan fingerprint density at radius 3 is 2.35 bits per heavy atom. The summed E-state index contributed by atoms with van der Waals surface area (Å²) in [7, 11) is -3.94. The number of hydrogen-bond donors (Lipinski definition) is 1. The first-order valence-corrected chi connectivity index (χ1v) is 13.2. The highest BCUT2D eigenvalue weighted by molar-refractivity contribution is 7.92. The summed E-state index contributed by atoms with van der Waals surface area (Å²) in [6.07, 6.45) is 1.61. The molecule has 0 saturated carbocycles. The number of nitrogens with one attached hydrogen (secondary N) is 1. The topological polar surface area (TPSA) is 86.8 Å². The molecule has 0 aliphatic heterocycles. The predicted molar refractivity (Wildman–Crippen MR) is 133 cm³/mol. The number of anilines is 1. The molecule has 2 atom stereocenters. The fraction of sp³-hybridized carbons (Fsp3) is 0.391. The zero-order valence-corrected chi connectivity index (χ0v) is 21.7. The Hall–Kier alpha value is -2.36. The van der Waals surface area contributed by atoms with Crippen molar-refractivity contribution >= 4 is 50.7 Å². The highest BCUT2D eigenvalue weighted by atomic mass is 35.5. The van der Waals surface area contributed by atoms with Gasteiger partial charge in [0.15, 0.2) is 0 Å². The maximum atomic E-state index is 13.8. The van der Waals surface area contributed by atoms with Gasteiger partial charge in [-0.2, -0.15) is 0 Å². The molecule has 0 aromatic heterocycles. The van der Waals surface area contributed by atoms with Crippen LogP contribution in [0, 0.1) is 5.82 Å². The molecule has 2 aromatic carbocycles. The largest absolute Gasteiger partial charge is 0.352 e. The number of carbonyl (C=O) groups excluding carboxylic acids is 2. The number of carbonyl (C=O) groups is 2. The van der Waals surface area contributed by atoms with Gasteiger partial charge in [0.2, 0.25) is 21.8 Å². The Bertz CT molecular complexity index is 1150. The first kappa shape index (κ1) is 27.9. The van der Waals surface area contributed by atoms with E-state index in [1.54, 1.807) is 19.1 Å². The maximum Gasteiger partial charge on any atom is 0.244 e. The third-order valence-electron chi connectivity index (χ3n) is 5.30. The number of halogens is 3. The molecule has 0 bridgehead atoms. The van der Waals surface area contributed by atoms with E-state index in [9.17, 15) is 22.4 Å². The van der Waals surface area contributed by atoms with Crippen LogP contribution in [-0.2, 0) is 26.2 Å². The molecule has 1 N–H and O–H groups in total. The van der Waals surface area contributed by atoms with Gasteiger partial charge in [-0.25, -0.2) is 12.8 Å². The van der Waals surface area contributed by atoms with E-state index in [0.717, 1.165) is 16.6 Å². The van der Waals surface area contributed by atoms with Gasteiger partial charge in [0.05, 0.1) is 11.9 Å². The fourth-order valence-corrected chi connectivity index (χ4v) is 4.44. The first-order valence-electron chi connectivity index (χ1n) is 10.6. The van der Waals surface area contributed by atoms with E-state index >= 15 is 0 Å². The zero-order valence-electron chi connectivity index (χ0n) is 19.4. The summed E-state index contributed by atoms with van der Waals surface area (Å²) < 4.78 is 39.5. The van der Waals surface area contributed by atoms with Crippen LogP contribution in [0.5, 0.6) is 0 Å². The Morgan fingerprint density at radius 2 is 1.79 bits per heavy atom. The van der Waals surface area contributed by atoms with Crippen molar-refractivity contribution < 1.29 is 22.4 Å². The Balaban J connectivity index is 2.42. The van der Waals surface area contributed by atoms with Crippen LogP contribution in [-0.4, -0.2) is 50.0 Å². The van der Waals surface area contributed by atoms with Gasteiger partial charge in [-0.05, 0) is 56.2 Å². The lowest BCUT2D eigenvalue weighted by Crippen LogP contribution is -2.52. The first-order chi connectivity index (χ1) is 15.8. The van der Waals surface area contributed by atoms with Crippen molar-refractivity contribution in [2.45, 2.75) is 45.8 Å². The normalized spacial score (nSPS) is 13.1. The molecule has 0 aliphatic rings. The van der Waals surface area contributed by atoms with E-state index in [0.29, 0.717) is 22.0 Å². The molecule has 2 rings (SSSR count). The molecule has 34 heavy (non-hydrogen) atoms. The third-order valence-corrected chi connectivity index (χ3v) is 7.03. The van der Waals surface area contributed by atoms with E-state index < -0.39 is 40.2 Å². The van der Waals surface area contributed by atoms with Gasteiger partial charge in [0, 0.05) is 22.6 Å². The van der Waals surface area contributed by atoms with Crippen molar-refractivity contribution in [2.24, 2.45) is 0 Å². The lowest BCUT2D eigenvalue weighted by atomic mass is 10.1. The van der Waals surface area contributed by atoms with E-state index in [1.807, 2.05) is 13.8 Å². The van der Waals surface area contributed by atoms with Crippen molar-refractivity contribution in [1.29, 1.82) is 0 Å². The molecule has 0 fully saturated rings. The van der Waals surface area contributed by atoms with Crippen LogP contribution in [0.15, 0.2) is 42.5 Å². The minimum absolute atomic E-state index is 0.00275. The average molecular weight is 532 g/mol. The van der Waals surface area contributed by atoms with Crippen molar-refractivity contribution in [3.05, 3.63) is 63.9 Å². The summed E-state index contributed by atoms with van der Waals surface area (Å²) in [5.41, 5.74) is 0.524. The van der Waals surface area contributed by atoms with Gasteiger partial charge in [0.1, 0.15) is 18.4 Å². The van der Waals surface area contributed by atoms with Gasteiger partial charge < -0.3 is 10.2 Å². The lowest BCUT2D eigenvalue weighted by molar-refractivity contribution is -0.139. The Labute approximate surface area is 209 Å². The van der Waals surface area contributed by atoms with Crippen molar-refractivity contribution in [1.82, 2.24) is 10.2 Å². The second-order valence-corrected chi connectivity index (χ2v) is 10.8. The smallest absolute Gasteiger partial charge is 0.244 e. The SMILES string of the molecule is CCC(C)NC(=O)C(C)N(Cc1ccc(Cl)cc1Cl)C(=O)CN(c1cccc(F)c1)S(C)(=O)=O. The number of benzene rings is 2. The molecular formula is C23H28Cl2FN3O4S. The van der Waals surface area contributed by atoms with E-state index in [1.165, 1.54) is 29.2 Å². The van der Waals surface area contributed by atoms with Crippen LogP contribution in [0.3, 0.4) is 0 Å². The van der Waals surface area contributed by atoms with Crippen LogP contribution in [0.25, 0.3) is 0 Å². The van der Waals surface area contributed by atoms with Gasteiger partial charge in [-0.15, -0.1) is 0 Å². The highest BCUT2D eigenvalue weighted by Crippen LogP contribution is 2.24. The Morgan fingerprint density at radius 1 is 1.12 bits per heavy atom. The van der Waals surface area contributed by atoms with E-state index in [4.69, 9.17) is 23.2 Å². The average Bonchev–Trinajstić information content (AvgIpc) is 2.75. The lowest BCUT2D eigenvalue weighted by Gasteiger charge is -2.32. The van der Waals surface area contributed by atoms with E-state index in [2.05, 4.69) is 5.32 Å². The molecule has 7 nitrogen and oxygen atoms in total. The Kier molecular flexibility index (Phi) is 9.73. The van der Waals surface area contributed by atoms with Gasteiger partial charge in [-0.1, -0.05) is 42.3 Å². The molecule has 186 valence electrons. The molecule has 2 unspecified atom stereocenters. The number of nitrogens with zero attached hydrogens (tertiary/aromatic N) is 2. The molecule has 2 amide bonds. The summed E-state index contributed by atoms with van der Waals surface area (Å²) in [5.74, 6) is -1.71. The second kappa shape index (κ2) is 11.9. The summed E-state index contributed by atoms with van der Waals surface area (Å²) in [6, 6.07) is 8.61. The molecule has 0 spiro atoms. The fourth-order valence-electron chi connectivity index (χ4n) is 3.13. The van der Waals surface area contributed by atoms with Gasteiger partial charge in [-0.3, -0.25) is 13.9 Å². The summed E-state index contributed by atoms with van der Waals surface area (Å²) >= 11 is 12.3. The minimum Gasteiger partial charge on any atom is -0.352 e. The highest BCUT2D eigenvalue weighted by Gasteiger charge is 2.31. The molecule has 0 aliphatic carbocycles. The minimum atomic E-state index is -3.94. The monoisotopic (exact) mass is 531 g/mol. The van der Waals surface area contributed by atoms with Crippen LogP contribution in [0.2, 0.25) is 10.0 Å². The van der Waals surface area contributed by atoms with Crippen molar-refractivity contribution in [3.63, 3.8) is 0 Å². The van der Waals surface area contributed by atoms with Crippen LogP contribution < -0.4 is 9.62 Å². The van der Waals surface area contributed by atoms with E-state index in [-0.39, 0.29) is 18.3 Å². The van der Waals surface area contributed by atoms with Crippen molar-refractivity contribution in [3.8, 4) is 0 Å². The molecule has 0 radical (unpaired) electrons. The summed E-state index contributed by atoms with van der Waals surface area (Å²) in [5, 5.41) is 3.53. The number of amides is 2.